The fourth-order valence-corrected chi connectivity index (χ4v) is 5.16. The van der Waals surface area contributed by atoms with E-state index in [0.29, 0.717) is 20.5 Å². The van der Waals surface area contributed by atoms with E-state index >= 15 is 0 Å². The molecule has 3 aromatic rings. The number of carbonyl (C=O) groups excluding carboxylic acids is 1. The molecule has 1 N–H and O–H groups in total. The molecule has 130 valence electrons. The average Bonchev–Trinajstić information content (AvgIpc) is 3.23. The molecule has 0 aliphatic carbocycles. The third-order valence-electron chi connectivity index (χ3n) is 3.26. The molecule has 2 aromatic heterocycles. The monoisotopic (exact) mass is 411 g/mol. The first-order valence-electron chi connectivity index (χ1n) is 7.36. The van der Waals surface area contributed by atoms with Crippen LogP contribution in [0.25, 0.3) is 5.69 Å². The number of benzene rings is 1. The van der Waals surface area contributed by atoms with Crippen molar-refractivity contribution in [1.29, 1.82) is 0 Å². The van der Waals surface area contributed by atoms with Crippen LogP contribution in [0.2, 0.25) is 0 Å². The molecule has 0 spiro atoms. The van der Waals surface area contributed by atoms with Crippen molar-refractivity contribution in [2.45, 2.75) is 23.1 Å². The molecule has 0 aliphatic heterocycles. The molecule has 0 aliphatic rings. The van der Waals surface area contributed by atoms with Crippen molar-refractivity contribution in [3.05, 3.63) is 56.4 Å². The number of halogens is 1. The number of thioether (sulfide) groups is 1. The Labute approximate surface area is 161 Å². The minimum atomic E-state index is -0.309. The van der Waals surface area contributed by atoms with Crippen LogP contribution >= 0.6 is 46.7 Å². The fourth-order valence-electron chi connectivity index (χ4n) is 1.99. The van der Waals surface area contributed by atoms with Gasteiger partial charge in [0.2, 0.25) is 5.91 Å². The number of rotatable bonds is 6. The van der Waals surface area contributed by atoms with Crippen molar-refractivity contribution in [2.75, 3.05) is 0 Å². The standard InChI is InChI=1S/C16H14FN3OS4/c1-10(14(21)18-9-13-3-2-8-23-13)24-15-19-20(16(22)25-15)12-6-4-11(17)5-7-12/h2-8,10H,9H2,1H3,(H,18,21)/t10-/m1/s1. The summed E-state index contributed by atoms with van der Waals surface area (Å²) in [5, 5.41) is 9.04. The van der Waals surface area contributed by atoms with E-state index in [9.17, 15) is 9.18 Å². The Hall–Kier alpha value is -1.55. The Morgan fingerprint density at radius 2 is 2.16 bits per heavy atom. The summed E-state index contributed by atoms with van der Waals surface area (Å²) in [4.78, 5) is 13.3. The second-order valence-electron chi connectivity index (χ2n) is 5.08. The molecule has 0 fully saturated rings. The van der Waals surface area contributed by atoms with Gasteiger partial charge in [0.05, 0.1) is 17.5 Å². The van der Waals surface area contributed by atoms with E-state index in [-0.39, 0.29) is 17.0 Å². The van der Waals surface area contributed by atoms with Gasteiger partial charge in [-0.3, -0.25) is 4.79 Å². The maximum absolute atomic E-state index is 13.0. The molecule has 1 amide bonds. The van der Waals surface area contributed by atoms with E-state index in [2.05, 4.69) is 10.4 Å². The number of hydrogen-bond acceptors (Lipinski definition) is 6. The molecule has 0 radical (unpaired) electrons. The zero-order chi connectivity index (χ0) is 17.8. The van der Waals surface area contributed by atoms with E-state index in [1.165, 1.54) is 35.2 Å². The highest BCUT2D eigenvalue weighted by Gasteiger charge is 2.17. The Kier molecular flexibility index (Phi) is 6.00. The second kappa shape index (κ2) is 8.22. The molecule has 4 nitrogen and oxygen atoms in total. The lowest BCUT2D eigenvalue weighted by molar-refractivity contribution is -0.120. The number of thiophene rings is 1. The van der Waals surface area contributed by atoms with Gasteiger partial charge in [-0.25, -0.2) is 9.07 Å². The van der Waals surface area contributed by atoms with Gasteiger partial charge in [-0.2, -0.15) is 0 Å². The predicted molar refractivity (Wildman–Crippen MR) is 104 cm³/mol. The summed E-state index contributed by atoms with van der Waals surface area (Å²) < 4.78 is 15.9. The van der Waals surface area contributed by atoms with Crippen molar-refractivity contribution in [1.82, 2.24) is 15.1 Å². The minimum absolute atomic E-state index is 0.0483. The van der Waals surface area contributed by atoms with Crippen molar-refractivity contribution < 1.29 is 9.18 Å². The lowest BCUT2D eigenvalue weighted by Gasteiger charge is -2.09. The van der Waals surface area contributed by atoms with E-state index in [4.69, 9.17) is 12.2 Å². The maximum atomic E-state index is 13.0. The van der Waals surface area contributed by atoms with Crippen LogP contribution in [0.3, 0.4) is 0 Å². The Balaban J connectivity index is 1.64. The number of amides is 1. The Morgan fingerprint density at radius 1 is 1.40 bits per heavy atom. The van der Waals surface area contributed by atoms with Gasteiger partial charge in [0, 0.05) is 4.88 Å². The van der Waals surface area contributed by atoms with Crippen LogP contribution in [0.4, 0.5) is 4.39 Å². The van der Waals surface area contributed by atoms with E-state index < -0.39 is 0 Å². The van der Waals surface area contributed by atoms with Gasteiger partial charge in [-0.1, -0.05) is 29.2 Å². The molecule has 0 unspecified atom stereocenters. The molecule has 2 heterocycles. The average molecular weight is 412 g/mol. The first-order chi connectivity index (χ1) is 12.0. The van der Waals surface area contributed by atoms with Crippen LogP contribution < -0.4 is 5.32 Å². The van der Waals surface area contributed by atoms with Crippen LogP contribution in [-0.2, 0) is 11.3 Å². The van der Waals surface area contributed by atoms with Crippen LogP contribution in [0, 0.1) is 9.77 Å². The summed E-state index contributed by atoms with van der Waals surface area (Å²) in [6.45, 7) is 2.36. The first-order valence-corrected chi connectivity index (χ1v) is 10.3. The third kappa shape index (κ3) is 4.75. The molecular formula is C16H14FN3OS4. The molecule has 25 heavy (non-hydrogen) atoms. The van der Waals surface area contributed by atoms with Crippen molar-refractivity contribution in [3.8, 4) is 5.69 Å². The highest BCUT2D eigenvalue weighted by molar-refractivity contribution is 8.02. The first kappa shape index (κ1) is 18.2. The van der Waals surface area contributed by atoms with Gasteiger partial charge in [-0.15, -0.1) is 16.4 Å². The van der Waals surface area contributed by atoms with Crippen molar-refractivity contribution in [2.24, 2.45) is 0 Å². The van der Waals surface area contributed by atoms with Gasteiger partial charge >= 0.3 is 0 Å². The summed E-state index contributed by atoms with van der Waals surface area (Å²) in [7, 11) is 0. The van der Waals surface area contributed by atoms with Gasteiger partial charge < -0.3 is 5.32 Å². The predicted octanol–water partition coefficient (Wildman–Crippen LogP) is 4.66. The summed E-state index contributed by atoms with van der Waals surface area (Å²) in [5.41, 5.74) is 0.698. The van der Waals surface area contributed by atoms with Crippen molar-refractivity contribution >= 4 is 52.6 Å². The van der Waals surface area contributed by atoms with Crippen molar-refractivity contribution in [3.63, 3.8) is 0 Å². The largest absolute Gasteiger partial charge is 0.350 e. The van der Waals surface area contributed by atoms with Gasteiger partial charge in [0.15, 0.2) is 8.29 Å². The summed E-state index contributed by atoms with van der Waals surface area (Å²) in [5.74, 6) is -0.357. The fraction of sp³-hybridized carbons (Fsp3) is 0.188. The highest BCUT2D eigenvalue weighted by atomic mass is 32.2. The van der Waals surface area contributed by atoms with E-state index in [1.54, 1.807) is 28.2 Å². The number of aromatic nitrogens is 2. The summed E-state index contributed by atoms with van der Waals surface area (Å²) >= 11 is 9.62. The number of hydrogen-bond donors (Lipinski definition) is 1. The molecule has 0 bridgehead atoms. The van der Waals surface area contributed by atoms with Crippen LogP contribution in [0.5, 0.6) is 0 Å². The second-order valence-corrected chi connectivity index (χ2v) is 9.32. The normalized spacial score (nSPS) is 12.1. The van der Waals surface area contributed by atoms with Crippen LogP contribution in [-0.4, -0.2) is 20.9 Å². The lowest BCUT2D eigenvalue weighted by atomic mass is 10.3. The van der Waals surface area contributed by atoms with Crippen LogP contribution in [0.15, 0.2) is 46.1 Å². The zero-order valence-corrected chi connectivity index (χ0v) is 16.4. The molecule has 0 saturated heterocycles. The van der Waals surface area contributed by atoms with Gasteiger partial charge in [-0.05, 0) is 54.9 Å². The topological polar surface area (TPSA) is 46.9 Å². The SMILES string of the molecule is C[C@@H](Sc1nn(-c2ccc(F)cc2)c(=S)s1)C(=O)NCc1cccs1. The summed E-state index contributed by atoms with van der Waals surface area (Å²) in [6, 6.07) is 9.92. The highest BCUT2D eigenvalue weighted by Crippen LogP contribution is 2.28. The number of carbonyl (C=O) groups is 1. The molecule has 1 atom stereocenters. The number of nitrogens with zero attached hydrogens (tertiary/aromatic N) is 2. The molecule has 1 aromatic carbocycles. The molecular weight excluding hydrogens is 397 g/mol. The van der Waals surface area contributed by atoms with Gasteiger partial charge in [0.1, 0.15) is 5.82 Å². The smallest absolute Gasteiger partial charge is 0.233 e. The zero-order valence-electron chi connectivity index (χ0n) is 13.1. The Bertz CT molecular complexity index is 902. The molecule has 0 saturated carbocycles. The lowest BCUT2D eigenvalue weighted by Crippen LogP contribution is -2.30. The molecule has 9 heteroatoms. The van der Waals surface area contributed by atoms with E-state index in [1.807, 2.05) is 24.4 Å². The Morgan fingerprint density at radius 3 is 2.84 bits per heavy atom. The van der Waals surface area contributed by atoms with Gasteiger partial charge in [0.25, 0.3) is 0 Å². The maximum Gasteiger partial charge on any atom is 0.233 e. The van der Waals surface area contributed by atoms with E-state index in [0.717, 1.165) is 4.88 Å². The minimum Gasteiger partial charge on any atom is -0.350 e. The number of nitrogens with one attached hydrogen (secondary N) is 1. The summed E-state index contributed by atoms with van der Waals surface area (Å²) in [6.07, 6.45) is 0. The third-order valence-corrected chi connectivity index (χ3v) is 6.56. The quantitative estimate of drug-likeness (QED) is 0.473. The molecule has 3 rings (SSSR count). The van der Waals surface area contributed by atoms with Crippen LogP contribution in [0.1, 0.15) is 11.8 Å².